The molecule has 1 saturated heterocycles. The average molecular weight is 382 g/mol. The van der Waals surface area contributed by atoms with E-state index in [4.69, 9.17) is 16.3 Å². The molecule has 26 heavy (non-hydrogen) atoms. The molecule has 1 aromatic carbocycles. The van der Waals surface area contributed by atoms with Crippen molar-refractivity contribution in [2.75, 3.05) is 13.2 Å². The predicted octanol–water partition coefficient (Wildman–Crippen LogP) is 1.22. The third kappa shape index (κ3) is 4.72. The van der Waals surface area contributed by atoms with Crippen molar-refractivity contribution in [3.8, 4) is 0 Å². The number of hydrogen-bond donors (Lipinski definition) is 2. The Bertz CT molecular complexity index is 722. The van der Waals surface area contributed by atoms with Crippen LogP contribution in [0.3, 0.4) is 0 Å². The summed E-state index contributed by atoms with van der Waals surface area (Å²) >= 11 is 5.77. The van der Waals surface area contributed by atoms with Crippen LogP contribution >= 0.6 is 11.6 Å². The van der Waals surface area contributed by atoms with Crippen LogP contribution in [-0.2, 0) is 25.7 Å². The summed E-state index contributed by atoms with van der Waals surface area (Å²) in [7, 11) is 0. The van der Waals surface area contributed by atoms with Gasteiger partial charge in [-0.05, 0) is 31.0 Å². The van der Waals surface area contributed by atoms with E-state index < -0.39 is 42.5 Å². The van der Waals surface area contributed by atoms with E-state index in [1.807, 2.05) is 0 Å². The number of imide groups is 1. The summed E-state index contributed by atoms with van der Waals surface area (Å²) < 4.78 is 4.83. The van der Waals surface area contributed by atoms with E-state index >= 15 is 0 Å². The van der Waals surface area contributed by atoms with Crippen LogP contribution in [0.1, 0.15) is 25.8 Å². The number of amides is 4. The fourth-order valence-corrected chi connectivity index (χ4v) is 2.43. The molecular weight excluding hydrogens is 362 g/mol. The van der Waals surface area contributed by atoms with Crippen LogP contribution in [0.4, 0.5) is 4.79 Å². The van der Waals surface area contributed by atoms with Gasteiger partial charge in [-0.25, -0.2) is 4.79 Å². The summed E-state index contributed by atoms with van der Waals surface area (Å²) in [5.41, 5.74) is -0.180. The number of hydrogen-bond acceptors (Lipinski definition) is 5. The standard InChI is InChI=1S/C17H20ClN3O5/c1-3-17(2)15(24)21(16(25)20-17)9-14(23)26-10-13(22)19-8-11-4-6-12(18)7-5-11/h4-7H,3,8-10H2,1-2H3,(H,19,22)(H,20,25)/t17-/m1/s1. The summed E-state index contributed by atoms with van der Waals surface area (Å²) in [6, 6.07) is 6.27. The molecule has 0 aliphatic carbocycles. The summed E-state index contributed by atoms with van der Waals surface area (Å²) in [6.45, 7) is 2.56. The maximum absolute atomic E-state index is 12.2. The minimum absolute atomic E-state index is 0.259. The SMILES string of the molecule is CC[C@@]1(C)NC(=O)N(CC(=O)OCC(=O)NCc2ccc(Cl)cc2)C1=O. The highest BCUT2D eigenvalue weighted by molar-refractivity contribution is 6.30. The van der Waals surface area contributed by atoms with Crippen LogP contribution in [0.2, 0.25) is 5.02 Å². The summed E-state index contributed by atoms with van der Waals surface area (Å²) in [4.78, 5) is 48.3. The largest absolute Gasteiger partial charge is 0.454 e. The monoisotopic (exact) mass is 381 g/mol. The Balaban J connectivity index is 1.76. The van der Waals surface area contributed by atoms with E-state index in [-0.39, 0.29) is 6.54 Å². The molecule has 1 fully saturated rings. The van der Waals surface area contributed by atoms with E-state index in [0.29, 0.717) is 11.4 Å². The van der Waals surface area contributed by atoms with Gasteiger partial charge in [0.15, 0.2) is 6.61 Å². The van der Waals surface area contributed by atoms with Crippen molar-refractivity contribution in [2.24, 2.45) is 0 Å². The van der Waals surface area contributed by atoms with Crippen molar-refractivity contribution in [1.29, 1.82) is 0 Å². The Hall–Kier alpha value is -2.61. The summed E-state index contributed by atoms with van der Waals surface area (Å²) in [6.07, 6.45) is 0.399. The zero-order valence-electron chi connectivity index (χ0n) is 14.5. The van der Waals surface area contributed by atoms with E-state index in [9.17, 15) is 19.2 Å². The van der Waals surface area contributed by atoms with Crippen molar-refractivity contribution in [3.05, 3.63) is 34.9 Å². The number of urea groups is 1. The fourth-order valence-electron chi connectivity index (χ4n) is 2.30. The topological polar surface area (TPSA) is 105 Å². The molecule has 0 bridgehead atoms. The van der Waals surface area contributed by atoms with Gasteiger partial charge in [0, 0.05) is 11.6 Å². The fraction of sp³-hybridized carbons (Fsp3) is 0.412. The number of carbonyl (C=O) groups excluding carboxylic acids is 4. The maximum Gasteiger partial charge on any atom is 0.326 e. The molecule has 8 nitrogen and oxygen atoms in total. The van der Waals surface area contributed by atoms with Gasteiger partial charge in [-0.15, -0.1) is 0 Å². The summed E-state index contributed by atoms with van der Waals surface area (Å²) in [5.74, 6) is -1.83. The lowest BCUT2D eigenvalue weighted by molar-refractivity contribution is -0.151. The molecule has 1 aliphatic heterocycles. The number of rotatable bonds is 7. The van der Waals surface area contributed by atoms with Crippen molar-refractivity contribution in [2.45, 2.75) is 32.4 Å². The number of nitrogens with one attached hydrogen (secondary N) is 2. The molecular formula is C17H20ClN3O5. The zero-order chi connectivity index (χ0) is 19.3. The van der Waals surface area contributed by atoms with E-state index in [1.165, 1.54) is 0 Å². The van der Waals surface area contributed by atoms with Gasteiger partial charge in [0.1, 0.15) is 12.1 Å². The minimum atomic E-state index is -1.02. The third-order valence-electron chi connectivity index (χ3n) is 4.11. The number of carbonyl (C=O) groups is 4. The molecule has 1 aromatic rings. The highest BCUT2D eigenvalue weighted by atomic mass is 35.5. The first-order valence-corrected chi connectivity index (χ1v) is 8.44. The van der Waals surface area contributed by atoms with Gasteiger partial charge >= 0.3 is 12.0 Å². The predicted molar refractivity (Wildman–Crippen MR) is 93.2 cm³/mol. The van der Waals surface area contributed by atoms with Crippen LogP contribution in [0.15, 0.2) is 24.3 Å². The van der Waals surface area contributed by atoms with Crippen LogP contribution < -0.4 is 10.6 Å². The van der Waals surface area contributed by atoms with Crippen LogP contribution in [-0.4, -0.2) is 47.4 Å². The molecule has 0 radical (unpaired) electrons. The molecule has 2 rings (SSSR count). The Morgan fingerprint density at radius 1 is 1.27 bits per heavy atom. The molecule has 1 heterocycles. The van der Waals surface area contributed by atoms with Gasteiger partial charge in [0.2, 0.25) is 0 Å². The normalized spacial score (nSPS) is 19.3. The molecule has 2 N–H and O–H groups in total. The van der Waals surface area contributed by atoms with Gasteiger partial charge in [0.05, 0.1) is 0 Å². The first-order chi connectivity index (χ1) is 12.2. The molecule has 1 aliphatic rings. The van der Waals surface area contributed by atoms with Crippen LogP contribution in [0.25, 0.3) is 0 Å². The van der Waals surface area contributed by atoms with Crippen molar-refractivity contribution in [3.63, 3.8) is 0 Å². The quantitative estimate of drug-likeness (QED) is 0.545. The second-order valence-electron chi connectivity index (χ2n) is 6.07. The van der Waals surface area contributed by atoms with Crippen molar-refractivity contribution >= 4 is 35.4 Å². The highest BCUT2D eigenvalue weighted by Crippen LogP contribution is 2.20. The molecule has 4 amide bonds. The lowest BCUT2D eigenvalue weighted by atomic mass is 9.99. The van der Waals surface area contributed by atoms with Crippen molar-refractivity contribution in [1.82, 2.24) is 15.5 Å². The zero-order valence-corrected chi connectivity index (χ0v) is 15.3. The number of benzene rings is 1. The lowest BCUT2D eigenvalue weighted by Crippen LogP contribution is -2.43. The Morgan fingerprint density at radius 2 is 1.92 bits per heavy atom. The first kappa shape index (κ1) is 19.7. The first-order valence-electron chi connectivity index (χ1n) is 8.06. The maximum atomic E-state index is 12.2. The summed E-state index contributed by atoms with van der Waals surface area (Å²) in [5, 5.41) is 5.71. The molecule has 0 saturated carbocycles. The number of nitrogens with zero attached hydrogens (tertiary/aromatic N) is 1. The van der Waals surface area contributed by atoms with E-state index in [2.05, 4.69) is 10.6 Å². The van der Waals surface area contributed by atoms with Gasteiger partial charge in [-0.3, -0.25) is 19.3 Å². The molecule has 0 aromatic heterocycles. The van der Waals surface area contributed by atoms with Crippen LogP contribution in [0.5, 0.6) is 0 Å². The van der Waals surface area contributed by atoms with Gasteiger partial charge in [-0.2, -0.15) is 0 Å². The van der Waals surface area contributed by atoms with Gasteiger partial charge < -0.3 is 15.4 Å². The van der Waals surface area contributed by atoms with E-state index in [1.54, 1.807) is 38.1 Å². The molecule has 0 unspecified atom stereocenters. The minimum Gasteiger partial charge on any atom is -0.454 e. The number of esters is 1. The Kier molecular flexibility index (Phi) is 6.20. The van der Waals surface area contributed by atoms with Crippen molar-refractivity contribution < 1.29 is 23.9 Å². The molecule has 1 atom stereocenters. The average Bonchev–Trinajstić information content (AvgIpc) is 2.83. The van der Waals surface area contributed by atoms with E-state index in [0.717, 1.165) is 10.5 Å². The highest BCUT2D eigenvalue weighted by Gasteiger charge is 2.47. The lowest BCUT2D eigenvalue weighted by Gasteiger charge is -2.18. The second-order valence-corrected chi connectivity index (χ2v) is 6.51. The Labute approximate surface area is 155 Å². The molecule has 140 valence electrons. The van der Waals surface area contributed by atoms with Crippen LogP contribution in [0, 0.1) is 0 Å². The number of halogens is 1. The third-order valence-corrected chi connectivity index (χ3v) is 4.36. The second kappa shape index (κ2) is 8.18. The molecule has 0 spiro atoms. The Morgan fingerprint density at radius 3 is 2.50 bits per heavy atom. The van der Waals surface area contributed by atoms with Gasteiger partial charge in [-0.1, -0.05) is 30.7 Å². The number of ether oxygens (including phenoxy) is 1. The molecule has 9 heteroatoms. The van der Waals surface area contributed by atoms with Gasteiger partial charge in [0.25, 0.3) is 11.8 Å². The smallest absolute Gasteiger partial charge is 0.326 e.